The lowest BCUT2D eigenvalue weighted by atomic mass is 10.1. The second kappa shape index (κ2) is 10.4. The normalized spacial score (nSPS) is 15.3. The molecule has 31 heavy (non-hydrogen) atoms. The van der Waals surface area contributed by atoms with Crippen molar-refractivity contribution in [2.45, 2.75) is 65.5 Å². The Bertz CT molecular complexity index is 991. The zero-order valence-corrected chi connectivity index (χ0v) is 18.7. The highest BCUT2D eigenvalue weighted by Crippen LogP contribution is 2.15. The number of aromatic nitrogens is 2. The molecular weight excluding hydrogens is 392 g/mol. The summed E-state index contributed by atoms with van der Waals surface area (Å²) in [6, 6.07) is 5.64. The van der Waals surface area contributed by atoms with Gasteiger partial charge in [-0.1, -0.05) is 25.8 Å². The number of hydrogen-bond donors (Lipinski definition) is 1. The van der Waals surface area contributed by atoms with Gasteiger partial charge in [0, 0.05) is 37.2 Å². The lowest BCUT2D eigenvalue weighted by Crippen LogP contribution is -2.38. The summed E-state index contributed by atoms with van der Waals surface area (Å²) < 4.78 is 1.81. The fourth-order valence-corrected chi connectivity index (χ4v) is 3.79. The molecule has 7 heteroatoms. The summed E-state index contributed by atoms with van der Waals surface area (Å²) >= 11 is 0. The minimum absolute atomic E-state index is 0.00590. The van der Waals surface area contributed by atoms with Gasteiger partial charge in [0.05, 0.1) is 12.2 Å². The van der Waals surface area contributed by atoms with E-state index < -0.39 is 11.3 Å². The molecule has 2 amide bonds. The molecule has 1 unspecified atom stereocenters. The van der Waals surface area contributed by atoms with Gasteiger partial charge in [0.15, 0.2) is 0 Å². The van der Waals surface area contributed by atoms with Crippen LogP contribution >= 0.6 is 0 Å². The first-order valence-corrected chi connectivity index (χ1v) is 11.2. The molecule has 0 aliphatic carbocycles. The van der Waals surface area contributed by atoms with E-state index >= 15 is 0 Å². The number of rotatable bonds is 6. The van der Waals surface area contributed by atoms with Gasteiger partial charge in [0.1, 0.15) is 11.1 Å². The number of amides is 2. The molecule has 0 bridgehead atoms. The maximum absolute atomic E-state index is 13.2. The number of nitrogens with zero attached hydrogens (tertiary/aromatic N) is 3. The van der Waals surface area contributed by atoms with Crippen LogP contribution in [0.4, 0.5) is 0 Å². The van der Waals surface area contributed by atoms with Crippen molar-refractivity contribution < 1.29 is 9.59 Å². The quantitative estimate of drug-likeness (QED) is 0.770. The highest BCUT2D eigenvalue weighted by atomic mass is 16.2. The molecule has 1 N–H and O–H groups in total. The molecule has 1 aliphatic rings. The Balaban J connectivity index is 1.91. The lowest BCUT2D eigenvalue weighted by molar-refractivity contribution is 0.0759. The Hall–Kier alpha value is -2.96. The van der Waals surface area contributed by atoms with Gasteiger partial charge in [-0.2, -0.15) is 0 Å². The summed E-state index contributed by atoms with van der Waals surface area (Å²) in [5.41, 5.74) is 1.13. The third-order valence-corrected chi connectivity index (χ3v) is 5.89. The fraction of sp³-hybridized carbons (Fsp3) is 0.500. The summed E-state index contributed by atoms with van der Waals surface area (Å²) in [7, 11) is 0. The summed E-state index contributed by atoms with van der Waals surface area (Å²) in [6.07, 6.45) is 8.06. The molecule has 0 saturated carbocycles. The monoisotopic (exact) mass is 424 g/mol. The van der Waals surface area contributed by atoms with Crippen LogP contribution in [0.3, 0.4) is 0 Å². The molecule has 0 spiro atoms. The molecule has 7 nitrogen and oxygen atoms in total. The Morgan fingerprint density at radius 1 is 1.10 bits per heavy atom. The number of aryl methyl sites for hydroxylation is 1. The Morgan fingerprint density at radius 2 is 1.77 bits per heavy atom. The van der Waals surface area contributed by atoms with Crippen molar-refractivity contribution in [1.29, 1.82) is 0 Å². The van der Waals surface area contributed by atoms with Crippen LogP contribution in [0.1, 0.15) is 84.1 Å². The molecule has 1 saturated heterocycles. The van der Waals surface area contributed by atoms with Crippen molar-refractivity contribution in [3.05, 3.63) is 63.3 Å². The van der Waals surface area contributed by atoms with E-state index in [1.165, 1.54) is 0 Å². The maximum atomic E-state index is 13.2. The molecule has 1 aliphatic heterocycles. The second-order valence-electron chi connectivity index (χ2n) is 8.28. The van der Waals surface area contributed by atoms with E-state index in [2.05, 4.69) is 10.3 Å². The molecule has 1 fully saturated rings. The van der Waals surface area contributed by atoms with Crippen LogP contribution in [-0.2, 0) is 6.54 Å². The molecule has 0 aromatic carbocycles. The molecule has 2 aromatic heterocycles. The van der Waals surface area contributed by atoms with Gasteiger partial charge in [-0.15, -0.1) is 0 Å². The largest absolute Gasteiger partial charge is 0.350 e. The fourth-order valence-electron chi connectivity index (χ4n) is 3.79. The van der Waals surface area contributed by atoms with Crippen LogP contribution in [0, 0.1) is 6.92 Å². The summed E-state index contributed by atoms with van der Waals surface area (Å²) in [4.78, 5) is 45.4. The number of carbonyl (C=O) groups is 2. The van der Waals surface area contributed by atoms with E-state index in [-0.39, 0.29) is 29.6 Å². The van der Waals surface area contributed by atoms with Crippen LogP contribution in [0.2, 0.25) is 0 Å². The first kappa shape index (κ1) is 22.7. The maximum Gasteiger partial charge on any atom is 0.259 e. The van der Waals surface area contributed by atoms with Gasteiger partial charge in [0.2, 0.25) is 5.43 Å². The molecule has 0 radical (unpaired) electrons. The molecular formula is C24H32N4O3. The standard InChI is InChI=1S/C24H32N4O3/c1-4-18(3)28-15-20(23(30)25-14-19-11-9-10-17(2)26-19)22(29)21(16-28)24(31)27-12-7-5-6-8-13-27/h9-11,15-16,18H,4-8,12-14H2,1-3H3,(H,25,30). The Morgan fingerprint density at radius 3 is 2.42 bits per heavy atom. The predicted octanol–water partition coefficient (Wildman–Crippen LogP) is 3.47. The Kier molecular flexibility index (Phi) is 7.60. The molecule has 2 aromatic rings. The van der Waals surface area contributed by atoms with Crippen LogP contribution < -0.4 is 10.7 Å². The number of pyridine rings is 2. The van der Waals surface area contributed by atoms with E-state index in [1.807, 2.05) is 43.5 Å². The van der Waals surface area contributed by atoms with Crippen LogP contribution in [0.25, 0.3) is 0 Å². The first-order valence-electron chi connectivity index (χ1n) is 11.2. The van der Waals surface area contributed by atoms with Crippen molar-refractivity contribution in [2.24, 2.45) is 0 Å². The molecule has 166 valence electrons. The van der Waals surface area contributed by atoms with Gasteiger partial charge in [-0.05, 0) is 45.2 Å². The predicted molar refractivity (Wildman–Crippen MR) is 120 cm³/mol. The smallest absolute Gasteiger partial charge is 0.259 e. The van der Waals surface area contributed by atoms with Crippen molar-refractivity contribution >= 4 is 11.8 Å². The number of hydrogen-bond acceptors (Lipinski definition) is 4. The highest BCUT2D eigenvalue weighted by Gasteiger charge is 2.24. The number of likely N-dealkylation sites (tertiary alicyclic amines) is 1. The van der Waals surface area contributed by atoms with Crippen LogP contribution in [-0.4, -0.2) is 39.4 Å². The summed E-state index contributed by atoms with van der Waals surface area (Å²) in [5, 5.41) is 2.78. The second-order valence-corrected chi connectivity index (χ2v) is 8.28. The summed E-state index contributed by atoms with van der Waals surface area (Å²) in [5.74, 6) is -0.769. The van der Waals surface area contributed by atoms with Crippen LogP contribution in [0.15, 0.2) is 35.4 Å². The van der Waals surface area contributed by atoms with Gasteiger partial charge < -0.3 is 14.8 Å². The third-order valence-electron chi connectivity index (χ3n) is 5.89. The van der Waals surface area contributed by atoms with Crippen molar-refractivity contribution in [1.82, 2.24) is 19.8 Å². The SMILES string of the molecule is CCC(C)n1cc(C(=O)NCc2cccc(C)n2)c(=O)c(C(=O)N2CCCCCC2)c1. The van der Waals surface area contributed by atoms with Gasteiger partial charge in [-0.3, -0.25) is 19.4 Å². The molecule has 3 heterocycles. The number of nitrogens with one attached hydrogen (secondary N) is 1. The van der Waals surface area contributed by atoms with Crippen LogP contribution in [0.5, 0.6) is 0 Å². The van der Waals surface area contributed by atoms with Crippen molar-refractivity contribution in [3.8, 4) is 0 Å². The minimum Gasteiger partial charge on any atom is -0.350 e. The Labute approximate surface area is 183 Å². The molecule has 3 rings (SSSR count). The van der Waals surface area contributed by atoms with Gasteiger partial charge in [0.25, 0.3) is 11.8 Å². The van der Waals surface area contributed by atoms with E-state index in [9.17, 15) is 14.4 Å². The first-order chi connectivity index (χ1) is 14.9. The van der Waals surface area contributed by atoms with E-state index in [0.717, 1.165) is 37.8 Å². The third kappa shape index (κ3) is 5.60. The summed E-state index contributed by atoms with van der Waals surface area (Å²) in [6.45, 7) is 7.43. The van der Waals surface area contributed by atoms with E-state index in [0.29, 0.717) is 18.8 Å². The minimum atomic E-state index is -0.511. The van der Waals surface area contributed by atoms with Crippen molar-refractivity contribution in [3.63, 3.8) is 0 Å². The van der Waals surface area contributed by atoms with Gasteiger partial charge >= 0.3 is 0 Å². The van der Waals surface area contributed by atoms with Gasteiger partial charge in [-0.25, -0.2) is 0 Å². The molecule has 1 atom stereocenters. The zero-order chi connectivity index (χ0) is 22.4. The lowest BCUT2D eigenvalue weighted by Gasteiger charge is -2.22. The van der Waals surface area contributed by atoms with Crippen molar-refractivity contribution in [2.75, 3.05) is 13.1 Å². The average molecular weight is 425 g/mol. The average Bonchev–Trinajstić information content (AvgIpc) is 3.06. The van der Waals surface area contributed by atoms with E-state index in [4.69, 9.17) is 0 Å². The highest BCUT2D eigenvalue weighted by molar-refractivity contribution is 5.99. The zero-order valence-electron chi connectivity index (χ0n) is 18.7. The topological polar surface area (TPSA) is 84.3 Å². The number of carbonyl (C=O) groups excluding carboxylic acids is 2. The van der Waals surface area contributed by atoms with E-state index in [1.54, 1.807) is 17.3 Å².